The van der Waals surface area contributed by atoms with Crippen molar-refractivity contribution in [2.45, 2.75) is 49.7 Å². The fourth-order valence-corrected chi connectivity index (χ4v) is 2.73. The summed E-state index contributed by atoms with van der Waals surface area (Å²) in [5.41, 5.74) is 7.11. The molecule has 2 nitrogen and oxygen atoms in total. The Hall–Kier alpha value is -0.670. The molecule has 0 amide bonds. The van der Waals surface area contributed by atoms with Gasteiger partial charge >= 0.3 is 0 Å². The van der Waals surface area contributed by atoms with Gasteiger partial charge in [0.05, 0.1) is 7.11 Å². The van der Waals surface area contributed by atoms with E-state index >= 15 is 0 Å². The molecular formula is C15H25NOS. The van der Waals surface area contributed by atoms with Crippen LogP contribution in [0.25, 0.3) is 0 Å². The lowest BCUT2D eigenvalue weighted by Crippen LogP contribution is -2.26. The molecule has 0 aliphatic rings. The second-order valence-corrected chi connectivity index (χ2v) is 7.96. The summed E-state index contributed by atoms with van der Waals surface area (Å²) in [6, 6.07) is 6.38. The number of benzene rings is 1. The molecule has 3 heteroatoms. The molecule has 0 bridgehead atoms. The highest BCUT2D eigenvalue weighted by atomic mass is 32.2. The zero-order valence-electron chi connectivity index (χ0n) is 12.3. The summed E-state index contributed by atoms with van der Waals surface area (Å²) < 4.78 is 5.51. The zero-order chi connectivity index (χ0) is 14.0. The minimum Gasteiger partial charge on any atom is -0.496 e. The molecule has 0 aliphatic heterocycles. The van der Waals surface area contributed by atoms with E-state index in [1.165, 1.54) is 10.5 Å². The summed E-state index contributed by atoms with van der Waals surface area (Å²) in [6.45, 7) is 11.6. The van der Waals surface area contributed by atoms with Crippen molar-refractivity contribution in [1.29, 1.82) is 0 Å². The minimum absolute atomic E-state index is 0.0593. The number of hydrogen-bond donors (Lipinski definition) is 1. The number of hydrogen-bond acceptors (Lipinski definition) is 3. The van der Waals surface area contributed by atoms with Crippen LogP contribution in [0.2, 0.25) is 0 Å². The van der Waals surface area contributed by atoms with Crippen LogP contribution in [-0.4, -0.2) is 18.4 Å². The second kappa shape index (κ2) is 5.54. The normalized spacial score (nSPS) is 12.6. The summed E-state index contributed by atoms with van der Waals surface area (Å²) in [4.78, 5) is 1.25. The smallest absolute Gasteiger partial charge is 0.122 e. The summed E-state index contributed by atoms with van der Waals surface area (Å²) in [5, 5.41) is 0. The lowest BCUT2D eigenvalue weighted by molar-refractivity contribution is 0.397. The fraction of sp³-hybridized carbons (Fsp3) is 0.600. The highest BCUT2D eigenvalue weighted by Gasteiger charge is 2.22. The van der Waals surface area contributed by atoms with Crippen LogP contribution in [0.15, 0.2) is 23.1 Å². The molecule has 0 saturated heterocycles. The van der Waals surface area contributed by atoms with E-state index in [4.69, 9.17) is 10.5 Å². The summed E-state index contributed by atoms with van der Waals surface area (Å²) in [5.74, 6) is 0.956. The lowest BCUT2D eigenvalue weighted by atomic mass is 9.86. The van der Waals surface area contributed by atoms with Crippen molar-refractivity contribution >= 4 is 11.8 Å². The first kappa shape index (κ1) is 15.4. The zero-order valence-corrected chi connectivity index (χ0v) is 13.1. The van der Waals surface area contributed by atoms with Crippen LogP contribution in [0.1, 0.15) is 40.2 Å². The van der Waals surface area contributed by atoms with Crippen LogP contribution in [0.3, 0.4) is 0 Å². The molecule has 1 aromatic rings. The number of nitrogens with two attached hydrogens (primary N) is 1. The van der Waals surface area contributed by atoms with Crippen molar-refractivity contribution in [3.05, 3.63) is 23.8 Å². The molecule has 0 fully saturated rings. The SMILES string of the molecule is COc1ccc(SC(C)(C)CN)cc1C(C)(C)C. The third-order valence-corrected chi connectivity index (χ3v) is 4.07. The van der Waals surface area contributed by atoms with Crippen LogP contribution in [0, 0.1) is 0 Å². The fourth-order valence-electron chi connectivity index (χ4n) is 1.70. The van der Waals surface area contributed by atoms with Gasteiger partial charge in [-0.2, -0.15) is 0 Å². The summed E-state index contributed by atoms with van der Waals surface area (Å²) >= 11 is 1.81. The van der Waals surface area contributed by atoms with Gasteiger partial charge in [0.1, 0.15) is 5.75 Å². The lowest BCUT2D eigenvalue weighted by Gasteiger charge is -2.25. The molecule has 0 heterocycles. The molecule has 0 unspecified atom stereocenters. The van der Waals surface area contributed by atoms with Crippen molar-refractivity contribution in [3.63, 3.8) is 0 Å². The Kier molecular flexibility index (Phi) is 4.73. The van der Waals surface area contributed by atoms with Crippen LogP contribution < -0.4 is 10.5 Å². The number of methoxy groups -OCH3 is 1. The van der Waals surface area contributed by atoms with Gasteiger partial charge in [0.2, 0.25) is 0 Å². The maximum atomic E-state index is 5.79. The van der Waals surface area contributed by atoms with E-state index < -0.39 is 0 Å². The predicted molar refractivity (Wildman–Crippen MR) is 80.7 cm³/mol. The first-order valence-corrected chi connectivity index (χ1v) is 7.09. The largest absolute Gasteiger partial charge is 0.496 e. The Labute approximate surface area is 115 Å². The molecule has 0 radical (unpaired) electrons. The molecule has 0 saturated carbocycles. The van der Waals surface area contributed by atoms with Gasteiger partial charge in [-0.1, -0.05) is 20.8 Å². The van der Waals surface area contributed by atoms with Gasteiger partial charge in [0.15, 0.2) is 0 Å². The van der Waals surface area contributed by atoms with Crippen molar-refractivity contribution in [3.8, 4) is 5.75 Å². The standard InChI is InChI=1S/C15H25NOS/c1-14(2,3)12-9-11(7-8-13(12)17-6)18-15(4,5)10-16/h7-9H,10,16H2,1-6H3. The van der Waals surface area contributed by atoms with Gasteiger partial charge in [0, 0.05) is 21.8 Å². The summed E-state index contributed by atoms with van der Waals surface area (Å²) in [7, 11) is 1.72. The Bertz CT molecular complexity index is 407. The van der Waals surface area contributed by atoms with Crippen LogP contribution >= 0.6 is 11.8 Å². The monoisotopic (exact) mass is 267 g/mol. The van der Waals surface area contributed by atoms with Gasteiger partial charge in [-0.15, -0.1) is 11.8 Å². The van der Waals surface area contributed by atoms with Crippen LogP contribution in [-0.2, 0) is 5.41 Å². The number of thioether (sulfide) groups is 1. The molecule has 0 atom stereocenters. The Balaban J connectivity index is 3.11. The second-order valence-electron chi connectivity index (χ2n) is 6.18. The molecule has 1 aromatic carbocycles. The maximum absolute atomic E-state index is 5.79. The third-order valence-electron chi connectivity index (χ3n) is 2.86. The van der Waals surface area contributed by atoms with Gasteiger partial charge < -0.3 is 10.5 Å². The van der Waals surface area contributed by atoms with E-state index in [-0.39, 0.29) is 10.2 Å². The summed E-state index contributed by atoms with van der Waals surface area (Å²) in [6.07, 6.45) is 0. The number of rotatable bonds is 4. The van der Waals surface area contributed by atoms with Crippen LogP contribution in [0.5, 0.6) is 5.75 Å². The van der Waals surface area contributed by atoms with Gasteiger partial charge in [0.25, 0.3) is 0 Å². The maximum Gasteiger partial charge on any atom is 0.122 e. The van der Waals surface area contributed by atoms with Crippen molar-refractivity contribution in [2.75, 3.05) is 13.7 Å². The highest BCUT2D eigenvalue weighted by Crippen LogP contribution is 2.38. The minimum atomic E-state index is 0.0593. The topological polar surface area (TPSA) is 35.2 Å². The molecule has 1 rings (SSSR count). The molecule has 102 valence electrons. The molecule has 18 heavy (non-hydrogen) atoms. The average Bonchev–Trinajstić information content (AvgIpc) is 2.27. The molecule has 0 spiro atoms. The molecule has 2 N–H and O–H groups in total. The van der Waals surface area contributed by atoms with E-state index in [0.717, 1.165) is 5.75 Å². The van der Waals surface area contributed by atoms with E-state index in [1.807, 2.05) is 11.8 Å². The Morgan fingerprint density at radius 1 is 1.17 bits per heavy atom. The average molecular weight is 267 g/mol. The Morgan fingerprint density at radius 2 is 1.78 bits per heavy atom. The van der Waals surface area contributed by atoms with Gasteiger partial charge in [-0.3, -0.25) is 0 Å². The van der Waals surface area contributed by atoms with Crippen LogP contribution in [0.4, 0.5) is 0 Å². The van der Waals surface area contributed by atoms with E-state index in [1.54, 1.807) is 7.11 Å². The van der Waals surface area contributed by atoms with Gasteiger partial charge in [-0.05, 0) is 37.5 Å². The molecule has 0 aliphatic carbocycles. The van der Waals surface area contributed by atoms with Crippen molar-refractivity contribution in [2.24, 2.45) is 5.73 Å². The van der Waals surface area contributed by atoms with E-state index in [0.29, 0.717) is 6.54 Å². The highest BCUT2D eigenvalue weighted by molar-refractivity contribution is 8.00. The van der Waals surface area contributed by atoms with E-state index in [2.05, 4.69) is 52.8 Å². The number of ether oxygens (including phenoxy) is 1. The molecular weight excluding hydrogens is 242 g/mol. The van der Waals surface area contributed by atoms with Crippen molar-refractivity contribution < 1.29 is 4.74 Å². The third kappa shape index (κ3) is 3.92. The van der Waals surface area contributed by atoms with Crippen molar-refractivity contribution in [1.82, 2.24) is 0 Å². The predicted octanol–water partition coefficient (Wildman–Crippen LogP) is 3.82. The first-order valence-electron chi connectivity index (χ1n) is 6.27. The van der Waals surface area contributed by atoms with E-state index in [9.17, 15) is 0 Å². The first-order chi connectivity index (χ1) is 8.19. The Morgan fingerprint density at radius 3 is 2.22 bits per heavy atom. The molecule has 0 aromatic heterocycles. The quantitative estimate of drug-likeness (QED) is 0.842. The van der Waals surface area contributed by atoms with Gasteiger partial charge in [-0.25, -0.2) is 0 Å².